The molecule has 0 bridgehead atoms. The Kier molecular flexibility index (Phi) is 6.06. The predicted octanol–water partition coefficient (Wildman–Crippen LogP) is 4.65. The van der Waals surface area contributed by atoms with Crippen molar-refractivity contribution in [2.24, 2.45) is 0 Å². The van der Waals surface area contributed by atoms with Gasteiger partial charge in [-0.05, 0) is 48.7 Å². The highest BCUT2D eigenvalue weighted by molar-refractivity contribution is 6.31. The number of halogens is 2. The highest BCUT2D eigenvalue weighted by Crippen LogP contribution is 2.46. The number of carbonyl (C=O) groups excluding carboxylic acids is 1. The largest absolute Gasteiger partial charge is 0.488 e. The molecular weight excluding hydrogens is 473 g/mol. The van der Waals surface area contributed by atoms with Gasteiger partial charge in [0.15, 0.2) is 0 Å². The molecule has 9 heteroatoms. The minimum Gasteiger partial charge on any atom is -0.488 e. The molecule has 1 aliphatic heterocycles. The summed E-state index contributed by atoms with van der Waals surface area (Å²) in [4.78, 5) is 31.0. The summed E-state index contributed by atoms with van der Waals surface area (Å²) in [5.41, 5.74) is 0.873. The van der Waals surface area contributed by atoms with Crippen LogP contribution in [0.5, 0.6) is 5.75 Å². The van der Waals surface area contributed by atoms with Gasteiger partial charge in [0.1, 0.15) is 23.5 Å². The van der Waals surface area contributed by atoms with Crippen molar-refractivity contribution in [3.63, 3.8) is 0 Å². The molecule has 5 rings (SSSR count). The quantitative estimate of drug-likeness (QED) is 0.496. The molecule has 1 saturated heterocycles. The van der Waals surface area contributed by atoms with E-state index in [2.05, 4.69) is 10.3 Å². The van der Waals surface area contributed by atoms with E-state index >= 15 is 0 Å². The summed E-state index contributed by atoms with van der Waals surface area (Å²) in [6.45, 7) is 1.11. The first-order valence-electron chi connectivity index (χ1n) is 11.3. The summed E-state index contributed by atoms with van der Waals surface area (Å²) >= 11 is 6.19. The SMILES string of the molecule is O=C(O)c1ccc(C2(NC(=O)c3cc(Cl)cnc3N3CCC(Oc4cccc(F)c4)C3)CC2)cc1. The van der Waals surface area contributed by atoms with Gasteiger partial charge in [0, 0.05) is 25.2 Å². The van der Waals surface area contributed by atoms with Crippen molar-refractivity contribution >= 4 is 29.3 Å². The number of nitrogens with zero attached hydrogens (tertiary/aromatic N) is 2. The summed E-state index contributed by atoms with van der Waals surface area (Å²) in [5.74, 6) is -0.685. The van der Waals surface area contributed by atoms with Crippen molar-refractivity contribution in [3.8, 4) is 5.75 Å². The smallest absolute Gasteiger partial charge is 0.335 e. The standard InChI is InChI=1S/C26H23ClFN3O4/c27-18-12-22(24(32)30-26(9-10-26)17-6-4-16(5-7-17)25(33)34)23(29-14-18)31-11-8-21(15-31)35-20-3-1-2-19(28)13-20/h1-7,12-14,21H,8-11,15H2,(H,30,32)(H,33,34). The topological polar surface area (TPSA) is 91.8 Å². The number of hydrogen-bond acceptors (Lipinski definition) is 5. The number of nitrogens with one attached hydrogen (secondary N) is 1. The van der Waals surface area contributed by atoms with Gasteiger partial charge in [0.05, 0.1) is 28.2 Å². The fraction of sp³-hybridized carbons (Fsp3) is 0.269. The zero-order valence-corrected chi connectivity index (χ0v) is 19.5. The van der Waals surface area contributed by atoms with Crippen LogP contribution in [0.1, 0.15) is 45.5 Å². The number of aromatic carboxylic acids is 1. The Morgan fingerprint density at radius 1 is 1.17 bits per heavy atom. The van der Waals surface area contributed by atoms with Gasteiger partial charge in [0.25, 0.3) is 5.91 Å². The van der Waals surface area contributed by atoms with E-state index < -0.39 is 11.5 Å². The summed E-state index contributed by atoms with van der Waals surface area (Å²) < 4.78 is 19.4. The van der Waals surface area contributed by atoms with Gasteiger partial charge in [-0.25, -0.2) is 14.2 Å². The lowest BCUT2D eigenvalue weighted by molar-refractivity contribution is 0.0696. The van der Waals surface area contributed by atoms with Crippen LogP contribution >= 0.6 is 11.6 Å². The number of carboxylic acid groups (broad SMARTS) is 1. The molecule has 2 aromatic carbocycles. The maximum absolute atomic E-state index is 13.5. The van der Waals surface area contributed by atoms with Gasteiger partial charge in [-0.15, -0.1) is 0 Å². The normalized spacial score (nSPS) is 18.2. The van der Waals surface area contributed by atoms with E-state index in [1.54, 1.807) is 42.5 Å². The lowest BCUT2D eigenvalue weighted by Gasteiger charge is -2.23. The minimum absolute atomic E-state index is 0.173. The summed E-state index contributed by atoms with van der Waals surface area (Å²) in [5, 5.41) is 12.6. The first-order chi connectivity index (χ1) is 16.8. The van der Waals surface area contributed by atoms with Gasteiger partial charge in [0.2, 0.25) is 0 Å². The van der Waals surface area contributed by atoms with Crippen molar-refractivity contribution in [1.82, 2.24) is 10.3 Å². The van der Waals surface area contributed by atoms with E-state index in [1.165, 1.54) is 18.3 Å². The molecule has 1 aliphatic carbocycles. The number of hydrogen-bond donors (Lipinski definition) is 2. The first-order valence-corrected chi connectivity index (χ1v) is 11.7. The van der Waals surface area contributed by atoms with Crippen LogP contribution in [0.3, 0.4) is 0 Å². The van der Waals surface area contributed by atoms with Gasteiger partial charge >= 0.3 is 5.97 Å². The lowest BCUT2D eigenvalue weighted by Crippen LogP contribution is -2.36. The fourth-order valence-corrected chi connectivity index (χ4v) is 4.59. The van der Waals surface area contributed by atoms with E-state index in [-0.39, 0.29) is 23.4 Å². The molecule has 0 radical (unpaired) electrons. The van der Waals surface area contributed by atoms with E-state index in [4.69, 9.17) is 21.4 Å². The number of aromatic nitrogens is 1. The van der Waals surface area contributed by atoms with Gasteiger partial charge in [-0.2, -0.15) is 0 Å². The Hall–Kier alpha value is -3.65. The van der Waals surface area contributed by atoms with Crippen molar-refractivity contribution in [2.45, 2.75) is 30.9 Å². The number of pyridine rings is 1. The molecule has 35 heavy (non-hydrogen) atoms. The minimum atomic E-state index is -0.995. The zero-order chi connectivity index (χ0) is 24.6. The lowest BCUT2D eigenvalue weighted by atomic mass is 10.0. The molecule has 1 amide bonds. The van der Waals surface area contributed by atoms with Crippen LogP contribution < -0.4 is 15.0 Å². The maximum Gasteiger partial charge on any atom is 0.335 e. The van der Waals surface area contributed by atoms with Crippen LogP contribution in [0.25, 0.3) is 0 Å². The van der Waals surface area contributed by atoms with E-state index in [0.717, 1.165) is 18.4 Å². The molecule has 2 fully saturated rings. The Balaban J connectivity index is 1.32. The molecule has 1 atom stereocenters. The molecule has 0 spiro atoms. The number of carbonyl (C=O) groups is 2. The van der Waals surface area contributed by atoms with Crippen LogP contribution in [0.4, 0.5) is 10.2 Å². The highest BCUT2D eigenvalue weighted by Gasteiger charge is 2.46. The summed E-state index contributed by atoms with van der Waals surface area (Å²) in [6.07, 6.45) is 3.53. The Labute approximate surface area is 206 Å². The highest BCUT2D eigenvalue weighted by atomic mass is 35.5. The molecule has 2 heterocycles. The van der Waals surface area contributed by atoms with E-state index in [1.807, 2.05) is 4.90 Å². The molecular formula is C26H23ClFN3O4. The third kappa shape index (κ3) is 4.93. The number of anilines is 1. The van der Waals surface area contributed by atoms with E-state index in [9.17, 15) is 14.0 Å². The Morgan fingerprint density at radius 2 is 1.94 bits per heavy atom. The number of amides is 1. The summed E-state index contributed by atoms with van der Waals surface area (Å²) in [6, 6.07) is 14.2. The monoisotopic (exact) mass is 495 g/mol. The molecule has 7 nitrogen and oxygen atoms in total. The van der Waals surface area contributed by atoms with Crippen LogP contribution in [-0.4, -0.2) is 41.2 Å². The third-order valence-electron chi connectivity index (χ3n) is 6.41. The predicted molar refractivity (Wildman–Crippen MR) is 129 cm³/mol. The molecule has 180 valence electrons. The Bertz CT molecular complexity index is 1280. The van der Waals surface area contributed by atoms with Crippen molar-refractivity contribution < 1.29 is 23.8 Å². The second kappa shape index (κ2) is 9.19. The van der Waals surface area contributed by atoms with Crippen LogP contribution in [-0.2, 0) is 5.54 Å². The van der Waals surface area contributed by atoms with Gasteiger partial charge in [-0.1, -0.05) is 29.8 Å². The van der Waals surface area contributed by atoms with E-state index in [0.29, 0.717) is 41.7 Å². The van der Waals surface area contributed by atoms with Gasteiger partial charge < -0.3 is 20.1 Å². The van der Waals surface area contributed by atoms with Crippen molar-refractivity contribution in [1.29, 1.82) is 0 Å². The zero-order valence-electron chi connectivity index (χ0n) is 18.7. The second-order valence-electron chi connectivity index (χ2n) is 8.88. The van der Waals surface area contributed by atoms with Crippen LogP contribution in [0.15, 0.2) is 60.8 Å². The molecule has 3 aromatic rings. The number of carboxylic acids is 1. The van der Waals surface area contributed by atoms with Crippen LogP contribution in [0.2, 0.25) is 5.02 Å². The van der Waals surface area contributed by atoms with Crippen LogP contribution in [0, 0.1) is 5.82 Å². The third-order valence-corrected chi connectivity index (χ3v) is 6.62. The molecule has 2 aliphatic rings. The fourth-order valence-electron chi connectivity index (χ4n) is 4.43. The molecule has 1 saturated carbocycles. The Morgan fingerprint density at radius 3 is 2.63 bits per heavy atom. The average molecular weight is 496 g/mol. The van der Waals surface area contributed by atoms with Gasteiger partial charge in [-0.3, -0.25) is 4.79 Å². The number of rotatable bonds is 7. The first kappa shape index (κ1) is 23.1. The van der Waals surface area contributed by atoms with Crippen molar-refractivity contribution in [2.75, 3.05) is 18.0 Å². The summed E-state index contributed by atoms with van der Waals surface area (Å²) in [7, 11) is 0. The number of ether oxygens (including phenoxy) is 1. The molecule has 1 aromatic heterocycles. The molecule has 1 unspecified atom stereocenters. The maximum atomic E-state index is 13.5. The molecule has 2 N–H and O–H groups in total. The number of benzene rings is 2. The second-order valence-corrected chi connectivity index (χ2v) is 9.31. The van der Waals surface area contributed by atoms with Crippen molar-refractivity contribution in [3.05, 3.63) is 88.3 Å². The average Bonchev–Trinajstić information content (AvgIpc) is 3.48.